The molecule has 1 saturated heterocycles. The molecule has 1 aromatic carbocycles. The average Bonchev–Trinajstić information content (AvgIpc) is 2.46. The van der Waals surface area contributed by atoms with Crippen molar-refractivity contribution in [2.75, 3.05) is 45.7 Å². The van der Waals surface area contributed by atoms with Crippen LogP contribution in [0.4, 0.5) is 5.69 Å². The van der Waals surface area contributed by atoms with E-state index in [4.69, 9.17) is 15.2 Å². The van der Waals surface area contributed by atoms with Gasteiger partial charge in [0, 0.05) is 32.0 Å². The van der Waals surface area contributed by atoms with Gasteiger partial charge in [-0.1, -0.05) is 6.07 Å². The summed E-state index contributed by atoms with van der Waals surface area (Å²) in [5.74, 6) is 1.61. The summed E-state index contributed by atoms with van der Waals surface area (Å²) in [6.45, 7) is 5.15. The summed E-state index contributed by atoms with van der Waals surface area (Å²) in [5.41, 5.74) is 6.47. The molecule has 0 saturated carbocycles. The van der Waals surface area contributed by atoms with E-state index in [0.29, 0.717) is 0 Å². The molecule has 1 aliphatic heterocycles. The van der Waals surface area contributed by atoms with Crippen LogP contribution in [0.2, 0.25) is 0 Å². The maximum atomic E-state index is 5.72. The van der Waals surface area contributed by atoms with Crippen molar-refractivity contribution in [2.24, 2.45) is 5.92 Å². The molecular weight excluding hydrogens is 252 g/mol. The van der Waals surface area contributed by atoms with E-state index in [0.717, 1.165) is 43.5 Å². The molecule has 4 nitrogen and oxygen atoms in total. The van der Waals surface area contributed by atoms with Crippen molar-refractivity contribution >= 4 is 5.69 Å². The van der Waals surface area contributed by atoms with Crippen molar-refractivity contribution in [3.05, 3.63) is 24.3 Å². The predicted octanol–water partition coefficient (Wildman–Crippen LogP) is 2.40. The molecule has 0 radical (unpaired) electrons. The van der Waals surface area contributed by atoms with E-state index >= 15 is 0 Å². The number of hydrogen-bond donors (Lipinski definition) is 1. The molecule has 20 heavy (non-hydrogen) atoms. The number of nitrogens with zero attached hydrogens (tertiary/aromatic N) is 1. The molecule has 0 bridgehead atoms. The minimum Gasteiger partial charge on any atom is -0.493 e. The number of nitrogens with two attached hydrogens (primary N) is 1. The van der Waals surface area contributed by atoms with Crippen LogP contribution in [0, 0.1) is 5.92 Å². The lowest BCUT2D eigenvalue weighted by molar-refractivity contribution is 0.0970. The zero-order valence-electron chi connectivity index (χ0n) is 12.4. The van der Waals surface area contributed by atoms with Crippen LogP contribution >= 0.6 is 0 Å². The minimum absolute atomic E-state index is 0.750. The molecule has 0 unspecified atom stereocenters. The van der Waals surface area contributed by atoms with Crippen molar-refractivity contribution in [3.8, 4) is 5.75 Å². The maximum absolute atomic E-state index is 5.72. The highest BCUT2D eigenvalue weighted by atomic mass is 16.5. The van der Waals surface area contributed by atoms with Gasteiger partial charge in [-0.2, -0.15) is 0 Å². The highest BCUT2D eigenvalue weighted by Crippen LogP contribution is 2.18. The number of ether oxygens (including phenoxy) is 2. The van der Waals surface area contributed by atoms with Crippen molar-refractivity contribution < 1.29 is 9.47 Å². The number of benzene rings is 1. The normalized spacial score (nSPS) is 17.2. The Labute approximate surface area is 121 Å². The number of methoxy groups -OCH3 is 1. The zero-order valence-corrected chi connectivity index (χ0v) is 12.4. The second kappa shape index (κ2) is 8.12. The standard InChI is InChI=1S/C16H26N2O2/c1-19-13-14-6-9-18(10-7-14)8-3-11-20-16-5-2-4-15(17)12-16/h2,4-5,12,14H,3,6-11,13,17H2,1H3. The van der Waals surface area contributed by atoms with Crippen LogP contribution < -0.4 is 10.5 Å². The number of likely N-dealkylation sites (tertiary alicyclic amines) is 1. The van der Waals surface area contributed by atoms with Crippen molar-refractivity contribution in [3.63, 3.8) is 0 Å². The molecule has 0 amide bonds. The second-order valence-electron chi connectivity index (χ2n) is 5.51. The van der Waals surface area contributed by atoms with Crippen molar-refractivity contribution in [1.29, 1.82) is 0 Å². The zero-order chi connectivity index (χ0) is 14.2. The Balaban J connectivity index is 1.58. The Kier molecular flexibility index (Phi) is 6.15. The fourth-order valence-corrected chi connectivity index (χ4v) is 2.69. The lowest BCUT2D eigenvalue weighted by Gasteiger charge is -2.31. The van der Waals surface area contributed by atoms with E-state index in [1.807, 2.05) is 24.3 Å². The first-order valence-electron chi connectivity index (χ1n) is 7.47. The Morgan fingerprint density at radius 3 is 2.80 bits per heavy atom. The fourth-order valence-electron chi connectivity index (χ4n) is 2.69. The monoisotopic (exact) mass is 278 g/mol. The molecule has 0 atom stereocenters. The topological polar surface area (TPSA) is 47.7 Å². The largest absolute Gasteiger partial charge is 0.493 e. The fraction of sp³-hybridized carbons (Fsp3) is 0.625. The maximum Gasteiger partial charge on any atom is 0.121 e. The minimum atomic E-state index is 0.750. The molecule has 112 valence electrons. The lowest BCUT2D eigenvalue weighted by atomic mass is 9.98. The van der Waals surface area contributed by atoms with Crippen LogP contribution in [0.1, 0.15) is 19.3 Å². The van der Waals surface area contributed by atoms with Crippen LogP contribution in [0.5, 0.6) is 5.75 Å². The van der Waals surface area contributed by atoms with Gasteiger partial charge in [0.1, 0.15) is 5.75 Å². The molecule has 0 aromatic heterocycles. The van der Waals surface area contributed by atoms with Crippen LogP contribution in [-0.4, -0.2) is 44.9 Å². The van der Waals surface area contributed by atoms with Gasteiger partial charge >= 0.3 is 0 Å². The Hall–Kier alpha value is -1.26. The smallest absolute Gasteiger partial charge is 0.121 e. The predicted molar refractivity (Wildman–Crippen MR) is 82.0 cm³/mol. The van der Waals surface area contributed by atoms with Gasteiger partial charge < -0.3 is 20.1 Å². The molecule has 1 fully saturated rings. The number of piperidine rings is 1. The summed E-state index contributed by atoms with van der Waals surface area (Å²) in [6.07, 6.45) is 3.57. The second-order valence-corrected chi connectivity index (χ2v) is 5.51. The number of anilines is 1. The molecule has 1 aromatic rings. The quantitative estimate of drug-likeness (QED) is 0.614. The van der Waals surface area contributed by atoms with Gasteiger partial charge in [0.15, 0.2) is 0 Å². The Bertz CT molecular complexity index is 390. The molecule has 2 rings (SSSR count). The van der Waals surface area contributed by atoms with E-state index in [1.165, 1.54) is 25.9 Å². The summed E-state index contributed by atoms with van der Waals surface area (Å²) < 4.78 is 10.9. The van der Waals surface area contributed by atoms with Gasteiger partial charge in [-0.05, 0) is 50.4 Å². The lowest BCUT2D eigenvalue weighted by Crippen LogP contribution is -2.36. The van der Waals surface area contributed by atoms with Crippen LogP contribution in [0.3, 0.4) is 0 Å². The van der Waals surface area contributed by atoms with E-state index < -0.39 is 0 Å². The molecule has 0 spiro atoms. The highest BCUT2D eigenvalue weighted by Gasteiger charge is 2.18. The van der Waals surface area contributed by atoms with E-state index in [9.17, 15) is 0 Å². The van der Waals surface area contributed by atoms with Gasteiger partial charge in [0.05, 0.1) is 6.61 Å². The Morgan fingerprint density at radius 1 is 1.30 bits per heavy atom. The first kappa shape index (κ1) is 15.1. The van der Waals surface area contributed by atoms with E-state index in [2.05, 4.69) is 4.90 Å². The SMILES string of the molecule is COCC1CCN(CCCOc2cccc(N)c2)CC1. The molecule has 4 heteroatoms. The summed E-state index contributed by atoms with van der Waals surface area (Å²) >= 11 is 0. The van der Waals surface area contributed by atoms with Crippen molar-refractivity contribution in [2.45, 2.75) is 19.3 Å². The third-order valence-electron chi connectivity index (χ3n) is 3.86. The van der Waals surface area contributed by atoms with Gasteiger partial charge in [-0.3, -0.25) is 0 Å². The molecule has 1 aliphatic rings. The third kappa shape index (κ3) is 5.02. The molecule has 0 aliphatic carbocycles. The Morgan fingerprint density at radius 2 is 2.10 bits per heavy atom. The summed E-state index contributed by atoms with van der Waals surface area (Å²) in [6, 6.07) is 7.62. The van der Waals surface area contributed by atoms with Crippen LogP contribution in [0.15, 0.2) is 24.3 Å². The highest BCUT2D eigenvalue weighted by molar-refractivity contribution is 5.43. The number of hydrogen-bond acceptors (Lipinski definition) is 4. The van der Waals surface area contributed by atoms with E-state index in [-0.39, 0.29) is 0 Å². The number of nitrogen functional groups attached to an aromatic ring is 1. The summed E-state index contributed by atoms with van der Waals surface area (Å²) in [4.78, 5) is 2.52. The van der Waals surface area contributed by atoms with E-state index in [1.54, 1.807) is 7.11 Å². The summed E-state index contributed by atoms with van der Waals surface area (Å²) in [7, 11) is 1.79. The van der Waals surface area contributed by atoms with Crippen LogP contribution in [0.25, 0.3) is 0 Å². The number of rotatable bonds is 7. The van der Waals surface area contributed by atoms with Gasteiger partial charge in [-0.15, -0.1) is 0 Å². The van der Waals surface area contributed by atoms with Gasteiger partial charge in [0.25, 0.3) is 0 Å². The van der Waals surface area contributed by atoms with Gasteiger partial charge in [0.2, 0.25) is 0 Å². The van der Waals surface area contributed by atoms with Crippen LogP contribution in [-0.2, 0) is 4.74 Å². The molecule has 2 N–H and O–H groups in total. The first-order valence-corrected chi connectivity index (χ1v) is 7.47. The van der Waals surface area contributed by atoms with Crippen molar-refractivity contribution in [1.82, 2.24) is 4.90 Å². The summed E-state index contributed by atoms with van der Waals surface area (Å²) in [5, 5.41) is 0. The average molecular weight is 278 g/mol. The molecule has 1 heterocycles. The molecular formula is C16H26N2O2. The van der Waals surface area contributed by atoms with Gasteiger partial charge in [-0.25, -0.2) is 0 Å². The third-order valence-corrected chi connectivity index (χ3v) is 3.86. The first-order chi connectivity index (χ1) is 9.78.